The van der Waals surface area contributed by atoms with E-state index >= 15 is 0 Å². The van der Waals surface area contributed by atoms with Crippen LogP contribution < -0.4 is 10.2 Å². The van der Waals surface area contributed by atoms with Gasteiger partial charge < -0.3 is 4.74 Å². The van der Waals surface area contributed by atoms with Crippen molar-refractivity contribution in [1.82, 2.24) is 4.98 Å². The van der Waals surface area contributed by atoms with E-state index in [1.54, 1.807) is 6.07 Å². The lowest BCUT2D eigenvalue weighted by Gasteiger charge is -2.35. The number of benzene rings is 1. The lowest BCUT2D eigenvalue weighted by molar-refractivity contribution is 0.112. The molecule has 0 spiro atoms. The van der Waals surface area contributed by atoms with Gasteiger partial charge in [0.05, 0.1) is 18.4 Å². The van der Waals surface area contributed by atoms with Gasteiger partial charge in [0, 0.05) is 10.6 Å². The smallest absolute Gasteiger partial charge is 0.224 e. The summed E-state index contributed by atoms with van der Waals surface area (Å²) in [4.78, 5) is 15.6. The molecule has 5 heteroatoms. The van der Waals surface area contributed by atoms with Crippen LogP contribution in [0.5, 0.6) is 5.88 Å². The van der Waals surface area contributed by atoms with Crippen molar-refractivity contribution in [2.24, 2.45) is 10.8 Å². The number of aldehydes is 1. The standard InChI is InChI=1S/C21H25BClNO2/c1-20(2)12-22(13-21(20,3)4)16-8-6-7-15(18(16)23)17-10-9-14(11-25)19(24-17)26-5/h6-11H,12-13H2,1-5H3. The van der Waals surface area contributed by atoms with E-state index in [4.69, 9.17) is 16.3 Å². The van der Waals surface area contributed by atoms with Gasteiger partial charge in [-0.15, -0.1) is 0 Å². The fourth-order valence-corrected chi connectivity index (χ4v) is 4.37. The van der Waals surface area contributed by atoms with Gasteiger partial charge in [0.15, 0.2) is 13.0 Å². The monoisotopic (exact) mass is 369 g/mol. The van der Waals surface area contributed by atoms with Crippen molar-refractivity contribution in [2.45, 2.75) is 40.3 Å². The van der Waals surface area contributed by atoms with Gasteiger partial charge >= 0.3 is 0 Å². The van der Waals surface area contributed by atoms with E-state index in [2.05, 4.69) is 38.7 Å². The summed E-state index contributed by atoms with van der Waals surface area (Å²) in [6, 6.07) is 9.68. The zero-order valence-electron chi connectivity index (χ0n) is 16.1. The molecule has 2 heterocycles. The Bertz CT molecular complexity index is 832. The highest BCUT2D eigenvalue weighted by Crippen LogP contribution is 2.53. The first-order valence-corrected chi connectivity index (χ1v) is 9.37. The molecule has 1 fully saturated rings. The number of rotatable bonds is 4. The number of carbonyl (C=O) groups is 1. The Balaban J connectivity index is 2.03. The quantitative estimate of drug-likeness (QED) is 0.563. The van der Waals surface area contributed by atoms with Crippen molar-refractivity contribution in [3.05, 3.63) is 40.9 Å². The number of ether oxygens (including phenoxy) is 1. The van der Waals surface area contributed by atoms with Gasteiger partial charge in [-0.1, -0.05) is 75.6 Å². The molecule has 0 amide bonds. The first-order chi connectivity index (χ1) is 12.2. The largest absolute Gasteiger partial charge is 0.480 e. The lowest BCUT2D eigenvalue weighted by Crippen LogP contribution is -2.29. The van der Waals surface area contributed by atoms with Crippen LogP contribution in [0.3, 0.4) is 0 Å². The number of methoxy groups -OCH3 is 1. The average Bonchev–Trinajstić information content (AvgIpc) is 2.82. The molecular weight excluding hydrogens is 345 g/mol. The third kappa shape index (κ3) is 3.16. The molecule has 0 unspecified atom stereocenters. The molecule has 1 saturated heterocycles. The number of aromatic nitrogens is 1. The van der Waals surface area contributed by atoms with Gasteiger partial charge in [-0.05, 0) is 23.0 Å². The molecule has 3 rings (SSSR count). The van der Waals surface area contributed by atoms with Crippen LogP contribution in [0.15, 0.2) is 30.3 Å². The number of pyridine rings is 1. The molecule has 1 aliphatic rings. The molecule has 0 N–H and O–H groups in total. The van der Waals surface area contributed by atoms with E-state index in [9.17, 15) is 4.79 Å². The zero-order chi connectivity index (χ0) is 19.1. The molecule has 0 atom stereocenters. The molecule has 0 aliphatic carbocycles. The number of halogens is 1. The third-order valence-corrected chi connectivity index (χ3v) is 6.72. The molecule has 136 valence electrons. The predicted octanol–water partition coefficient (Wildman–Crippen LogP) is 4.99. The SMILES string of the molecule is COc1nc(-c2cccc(B3CC(C)(C)C(C)(C)C3)c2Cl)ccc1C=O. The maximum Gasteiger partial charge on any atom is 0.224 e. The van der Waals surface area contributed by atoms with Crippen LogP contribution in [-0.2, 0) is 0 Å². The first-order valence-electron chi connectivity index (χ1n) is 8.99. The van der Waals surface area contributed by atoms with Crippen molar-refractivity contribution in [1.29, 1.82) is 0 Å². The fourth-order valence-electron chi connectivity index (χ4n) is 3.99. The van der Waals surface area contributed by atoms with Gasteiger partial charge in [0.2, 0.25) is 5.88 Å². The highest BCUT2D eigenvalue weighted by atomic mass is 35.5. The van der Waals surface area contributed by atoms with Crippen LogP contribution in [0.2, 0.25) is 17.7 Å². The van der Waals surface area contributed by atoms with Crippen LogP contribution in [0.4, 0.5) is 0 Å². The van der Waals surface area contributed by atoms with Crippen molar-refractivity contribution >= 4 is 30.1 Å². The highest BCUT2D eigenvalue weighted by Gasteiger charge is 2.48. The van der Waals surface area contributed by atoms with E-state index in [0.717, 1.165) is 35.2 Å². The molecular formula is C21H25BClNO2. The molecule has 0 radical (unpaired) electrons. The topological polar surface area (TPSA) is 39.2 Å². The molecule has 3 nitrogen and oxygen atoms in total. The molecule has 1 aromatic carbocycles. The average molecular weight is 370 g/mol. The van der Waals surface area contributed by atoms with Crippen molar-refractivity contribution in [3.63, 3.8) is 0 Å². The summed E-state index contributed by atoms with van der Waals surface area (Å²) in [5.74, 6) is 0.321. The summed E-state index contributed by atoms with van der Waals surface area (Å²) < 4.78 is 5.24. The predicted molar refractivity (Wildman–Crippen MR) is 109 cm³/mol. The second-order valence-electron chi connectivity index (χ2n) is 8.49. The third-order valence-electron chi connectivity index (χ3n) is 6.30. The number of nitrogens with zero attached hydrogens (tertiary/aromatic N) is 1. The second kappa shape index (κ2) is 6.73. The summed E-state index contributed by atoms with van der Waals surface area (Å²) in [5, 5.41) is 0.749. The minimum absolute atomic E-state index is 0.268. The van der Waals surface area contributed by atoms with Crippen molar-refractivity contribution < 1.29 is 9.53 Å². The molecule has 2 aromatic rings. The van der Waals surface area contributed by atoms with Gasteiger partial charge in [-0.3, -0.25) is 4.79 Å². The maximum absolute atomic E-state index is 11.1. The Morgan fingerprint density at radius 3 is 2.35 bits per heavy atom. The van der Waals surface area contributed by atoms with E-state index in [1.165, 1.54) is 12.6 Å². The molecule has 1 aromatic heterocycles. The maximum atomic E-state index is 11.1. The summed E-state index contributed by atoms with van der Waals surface area (Å²) in [7, 11) is 1.51. The Labute approximate surface area is 161 Å². The van der Waals surface area contributed by atoms with Crippen LogP contribution >= 0.6 is 11.6 Å². The number of hydrogen-bond donors (Lipinski definition) is 0. The normalized spacial score (nSPS) is 18.0. The Morgan fingerprint density at radius 2 is 1.77 bits per heavy atom. The zero-order valence-corrected chi connectivity index (χ0v) is 16.9. The second-order valence-corrected chi connectivity index (χ2v) is 8.87. The van der Waals surface area contributed by atoms with Crippen LogP contribution in [0, 0.1) is 10.8 Å². The molecule has 0 bridgehead atoms. The van der Waals surface area contributed by atoms with Crippen molar-refractivity contribution in [3.8, 4) is 17.1 Å². The summed E-state index contributed by atoms with van der Waals surface area (Å²) >= 11 is 6.83. The van der Waals surface area contributed by atoms with Crippen LogP contribution in [-0.4, -0.2) is 25.1 Å². The minimum Gasteiger partial charge on any atom is -0.480 e. The molecule has 26 heavy (non-hydrogen) atoms. The van der Waals surface area contributed by atoms with E-state index in [0.29, 0.717) is 18.2 Å². The van der Waals surface area contributed by atoms with Gasteiger partial charge in [0.25, 0.3) is 0 Å². The van der Waals surface area contributed by atoms with Crippen LogP contribution in [0.25, 0.3) is 11.3 Å². The Kier molecular flexibility index (Phi) is 4.91. The highest BCUT2D eigenvalue weighted by molar-refractivity contribution is 6.76. The Morgan fingerprint density at radius 1 is 1.12 bits per heavy atom. The number of carbonyl (C=O) groups excluding carboxylic acids is 1. The summed E-state index contributed by atoms with van der Waals surface area (Å²) in [6.45, 7) is 9.80. The van der Waals surface area contributed by atoms with E-state index in [-0.39, 0.29) is 10.8 Å². The first kappa shape index (κ1) is 19.0. The van der Waals surface area contributed by atoms with Gasteiger partial charge in [-0.2, -0.15) is 0 Å². The number of hydrogen-bond acceptors (Lipinski definition) is 3. The van der Waals surface area contributed by atoms with Crippen molar-refractivity contribution in [2.75, 3.05) is 7.11 Å². The molecule has 0 saturated carbocycles. The minimum atomic E-state index is 0.268. The van der Waals surface area contributed by atoms with Gasteiger partial charge in [0.1, 0.15) is 0 Å². The molecule has 1 aliphatic heterocycles. The Hall–Kier alpha value is -1.81. The summed E-state index contributed by atoms with van der Waals surface area (Å²) in [6.07, 6.45) is 2.98. The lowest BCUT2D eigenvalue weighted by atomic mass is 9.42. The fraction of sp³-hybridized carbons (Fsp3) is 0.429. The van der Waals surface area contributed by atoms with Crippen LogP contribution in [0.1, 0.15) is 38.1 Å². The van der Waals surface area contributed by atoms with E-state index in [1.807, 2.05) is 18.2 Å². The van der Waals surface area contributed by atoms with E-state index < -0.39 is 0 Å². The summed E-state index contributed by atoms with van der Waals surface area (Å²) in [5.41, 5.74) is 3.75. The van der Waals surface area contributed by atoms with Gasteiger partial charge in [-0.25, -0.2) is 4.98 Å².